The van der Waals surface area contributed by atoms with E-state index in [2.05, 4.69) is 4.99 Å². The Morgan fingerprint density at radius 2 is 2.38 bits per heavy atom. The maximum absolute atomic E-state index is 5.82. The lowest BCUT2D eigenvalue weighted by Crippen LogP contribution is -2.14. The van der Waals surface area contributed by atoms with Crippen LogP contribution in [0.3, 0.4) is 0 Å². The average molecular weight is 220 g/mol. The molecule has 3 heteroatoms. The number of nitrogens with two attached hydrogens (primary N) is 1. The van der Waals surface area contributed by atoms with Crippen LogP contribution in [0.1, 0.15) is 44.3 Å². The molecule has 2 heterocycles. The molecule has 1 atom stereocenters. The topological polar surface area (TPSA) is 51.5 Å². The Hall–Kier alpha value is -1.25. The predicted molar refractivity (Wildman–Crippen MR) is 65.5 cm³/mol. The lowest BCUT2D eigenvalue weighted by atomic mass is 10.0. The van der Waals surface area contributed by atoms with Gasteiger partial charge in [-0.25, -0.2) is 0 Å². The van der Waals surface area contributed by atoms with Crippen molar-refractivity contribution in [3.8, 4) is 0 Å². The molecule has 88 valence electrons. The van der Waals surface area contributed by atoms with Gasteiger partial charge in [0, 0.05) is 12.8 Å². The molecule has 2 N–H and O–H groups in total. The van der Waals surface area contributed by atoms with E-state index in [-0.39, 0.29) is 0 Å². The van der Waals surface area contributed by atoms with Gasteiger partial charge in [-0.3, -0.25) is 4.99 Å². The number of nitrogens with zero attached hydrogens (tertiary/aromatic N) is 1. The van der Waals surface area contributed by atoms with Crippen LogP contribution in [0.2, 0.25) is 0 Å². The monoisotopic (exact) mass is 220 g/mol. The van der Waals surface area contributed by atoms with Gasteiger partial charge < -0.3 is 10.2 Å². The minimum absolute atomic E-state index is 0.442. The smallest absolute Gasteiger partial charge is 0.103 e. The van der Waals surface area contributed by atoms with Crippen molar-refractivity contribution in [3.63, 3.8) is 0 Å². The van der Waals surface area contributed by atoms with Crippen LogP contribution in [0.5, 0.6) is 0 Å². The van der Waals surface area contributed by atoms with Gasteiger partial charge in [0.25, 0.3) is 0 Å². The summed E-state index contributed by atoms with van der Waals surface area (Å²) < 4.78 is 5.31. The van der Waals surface area contributed by atoms with E-state index in [0.717, 1.165) is 37.3 Å². The van der Waals surface area contributed by atoms with Gasteiger partial charge >= 0.3 is 0 Å². The fourth-order valence-corrected chi connectivity index (χ4v) is 2.23. The van der Waals surface area contributed by atoms with Crippen LogP contribution < -0.4 is 5.73 Å². The van der Waals surface area contributed by atoms with Crippen molar-refractivity contribution in [2.75, 3.05) is 0 Å². The zero-order valence-electron chi connectivity index (χ0n) is 9.69. The number of hydrogen-bond donors (Lipinski definition) is 1. The first kappa shape index (κ1) is 11.2. The SMILES string of the molecule is NC1=NC(CCCc2ccco2)CCCC1. The van der Waals surface area contributed by atoms with Gasteiger partial charge in [-0.05, 0) is 37.8 Å². The molecule has 1 unspecified atom stereocenters. The zero-order valence-corrected chi connectivity index (χ0v) is 9.69. The normalized spacial score (nSPS) is 21.5. The number of rotatable bonds is 4. The van der Waals surface area contributed by atoms with Crippen molar-refractivity contribution < 1.29 is 4.42 Å². The van der Waals surface area contributed by atoms with E-state index in [1.807, 2.05) is 12.1 Å². The molecule has 0 aliphatic carbocycles. The first-order chi connectivity index (χ1) is 7.84. The largest absolute Gasteiger partial charge is 0.469 e. The Morgan fingerprint density at radius 1 is 1.44 bits per heavy atom. The first-order valence-corrected chi connectivity index (χ1v) is 6.19. The first-order valence-electron chi connectivity index (χ1n) is 6.19. The van der Waals surface area contributed by atoms with Crippen molar-refractivity contribution in [1.82, 2.24) is 0 Å². The summed E-state index contributed by atoms with van der Waals surface area (Å²) in [6.07, 6.45) is 9.64. The number of aryl methyl sites for hydroxylation is 1. The molecule has 0 amide bonds. The number of amidine groups is 1. The summed E-state index contributed by atoms with van der Waals surface area (Å²) in [6.45, 7) is 0. The fraction of sp³-hybridized carbons (Fsp3) is 0.615. The molecule has 0 radical (unpaired) electrons. The lowest BCUT2D eigenvalue weighted by Gasteiger charge is -2.09. The Kier molecular flexibility index (Phi) is 4.03. The van der Waals surface area contributed by atoms with Gasteiger partial charge in [-0.1, -0.05) is 6.42 Å². The van der Waals surface area contributed by atoms with Crippen LogP contribution in [0.15, 0.2) is 27.8 Å². The molecule has 0 saturated heterocycles. The molecule has 1 aliphatic rings. The van der Waals surface area contributed by atoms with Crippen LogP contribution in [0, 0.1) is 0 Å². The van der Waals surface area contributed by atoms with E-state index in [9.17, 15) is 0 Å². The Balaban J connectivity index is 1.74. The third-order valence-electron chi connectivity index (χ3n) is 3.11. The molecule has 1 aliphatic heterocycles. The molecule has 1 aromatic heterocycles. The molecule has 2 rings (SSSR count). The molecular formula is C13H20N2O. The van der Waals surface area contributed by atoms with Crippen LogP contribution in [-0.2, 0) is 6.42 Å². The summed E-state index contributed by atoms with van der Waals surface area (Å²) in [5.74, 6) is 1.92. The summed E-state index contributed by atoms with van der Waals surface area (Å²) in [4.78, 5) is 4.56. The van der Waals surface area contributed by atoms with Gasteiger partial charge in [-0.15, -0.1) is 0 Å². The van der Waals surface area contributed by atoms with Gasteiger partial charge in [0.1, 0.15) is 5.76 Å². The van der Waals surface area contributed by atoms with E-state index < -0.39 is 0 Å². The molecule has 3 nitrogen and oxygen atoms in total. The van der Waals surface area contributed by atoms with Crippen molar-refractivity contribution >= 4 is 5.84 Å². The summed E-state index contributed by atoms with van der Waals surface area (Å²) in [6, 6.07) is 4.42. The average Bonchev–Trinajstić information content (AvgIpc) is 2.69. The molecule has 16 heavy (non-hydrogen) atoms. The summed E-state index contributed by atoms with van der Waals surface area (Å²) >= 11 is 0. The molecule has 0 spiro atoms. The van der Waals surface area contributed by atoms with E-state index in [1.54, 1.807) is 6.26 Å². The molecule has 0 saturated carbocycles. The number of furan rings is 1. The molecule has 0 bridgehead atoms. The van der Waals surface area contributed by atoms with Gasteiger partial charge in [-0.2, -0.15) is 0 Å². The van der Waals surface area contributed by atoms with Crippen LogP contribution in [0.25, 0.3) is 0 Å². The van der Waals surface area contributed by atoms with E-state index in [1.165, 1.54) is 19.3 Å². The number of aliphatic imine (C=N–C) groups is 1. The standard InChI is InChI=1S/C13H20N2O/c14-13-9-2-1-5-11(15-13)6-3-7-12-8-4-10-16-12/h4,8,10-11H,1-3,5-7,9H2,(H2,14,15). The second-order valence-electron chi connectivity index (χ2n) is 4.49. The summed E-state index contributed by atoms with van der Waals surface area (Å²) in [5, 5.41) is 0. The quantitative estimate of drug-likeness (QED) is 0.848. The summed E-state index contributed by atoms with van der Waals surface area (Å²) in [5.41, 5.74) is 5.82. The summed E-state index contributed by atoms with van der Waals surface area (Å²) in [7, 11) is 0. The van der Waals surface area contributed by atoms with E-state index >= 15 is 0 Å². The predicted octanol–water partition coefficient (Wildman–Crippen LogP) is 2.90. The van der Waals surface area contributed by atoms with Crippen molar-refractivity contribution in [2.24, 2.45) is 10.7 Å². The highest BCUT2D eigenvalue weighted by atomic mass is 16.3. The van der Waals surface area contributed by atoms with Crippen LogP contribution >= 0.6 is 0 Å². The third-order valence-corrected chi connectivity index (χ3v) is 3.11. The van der Waals surface area contributed by atoms with Crippen molar-refractivity contribution in [1.29, 1.82) is 0 Å². The Labute approximate surface area is 96.7 Å². The Bertz CT molecular complexity index is 330. The highest BCUT2D eigenvalue weighted by molar-refractivity contribution is 5.80. The lowest BCUT2D eigenvalue weighted by molar-refractivity contribution is 0.477. The maximum atomic E-state index is 5.82. The fourth-order valence-electron chi connectivity index (χ4n) is 2.23. The van der Waals surface area contributed by atoms with Gasteiger partial charge in [0.05, 0.1) is 18.1 Å². The maximum Gasteiger partial charge on any atom is 0.103 e. The van der Waals surface area contributed by atoms with Crippen LogP contribution in [0.4, 0.5) is 0 Å². The molecular weight excluding hydrogens is 200 g/mol. The zero-order chi connectivity index (χ0) is 11.2. The van der Waals surface area contributed by atoms with Crippen molar-refractivity contribution in [2.45, 2.75) is 51.0 Å². The van der Waals surface area contributed by atoms with E-state index in [4.69, 9.17) is 10.2 Å². The van der Waals surface area contributed by atoms with Crippen LogP contribution in [-0.4, -0.2) is 11.9 Å². The molecule has 0 aromatic carbocycles. The molecule has 1 aromatic rings. The molecule has 0 fully saturated rings. The van der Waals surface area contributed by atoms with Gasteiger partial charge in [0.15, 0.2) is 0 Å². The second-order valence-corrected chi connectivity index (χ2v) is 4.49. The van der Waals surface area contributed by atoms with Gasteiger partial charge in [0.2, 0.25) is 0 Å². The third kappa shape index (κ3) is 3.40. The van der Waals surface area contributed by atoms with E-state index in [0.29, 0.717) is 6.04 Å². The van der Waals surface area contributed by atoms with Crippen molar-refractivity contribution in [3.05, 3.63) is 24.2 Å². The minimum atomic E-state index is 0.442. The second kappa shape index (κ2) is 5.73. The number of hydrogen-bond acceptors (Lipinski definition) is 3. The minimum Gasteiger partial charge on any atom is -0.469 e. The highest BCUT2D eigenvalue weighted by Gasteiger charge is 2.11. The highest BCUT2D eigenvalue weighted by Crippen LogP contribution is 2.17. The Morgan fingerprint density at radius 3 is 3.19 bits per heavy atom.